The molecule has 0 radical (unpaired) electrons. The lowest BCUT2D eigenvalue weighted by Crippen LogP contribution is -2.35. The fourth-order valence-corrected chi connectivity index (χ4v) is 1.84. The Balaban J connectivity index is 2.34. The number of rotatable bonds is 8. The van der Waals surface area contributed by atoms with E-state index in [0.29, 0.717) is 12.5 Å². The summed E-state index contributed by atoms with van der Waals surface area (Å²) < 4.78 is 5.20. The van der Waals surface area contributed by atoms with Crippen LogP contribution in [0.5, 0.6) is 5.75 Å². The summed E-state index contributed by atoms with van der Waals surface area (Å²) in [6.45, 7) is 7.41. The van der Waals surface area contributed by atoms with E-state index >= 15 is 0 Å². The van der Waals surface area contributed by atoms with Gasteiger partial charge in [0.25, 0.3) is 0 Å². The first-order chi connectivity index (χ1) is 9.52. The molecule has 112 valence electrons. The van der Waals surface area contributed by atoms with Gasteiger partial charge in [-0.15, -0.1) is 0 Å². The summed E-state index contributed by atoms with van der Waals surface area (Å²) >= 11 is 0. The summed E-state index contributed by atoms with van der Waals surface area (Å²) in [6.07, 6.45) is 1.01. The molecule has 0 heterocycles. The molecule has 1 rings (SSSR count). The van der Waals surface area contributed by atoms with Gasteiger partial charge in [0.05, 0.1) is 13.7 Å². The number of methoxy groups -OCH3 is 1. The third-order valence-corrected chi connectivity index (χ3v) is 3.21. The number of ether oxygens (including phenoxy) is 1. The maximum absolute atomic E-state index is 11.7. The van der Waals surface area contributed by atoms with E-state index in [1.807, 2.05) is 31.2 Å². The van der Waals surface area contributed by atoms with Gasteiger partial charge >= 0.3 is 0 Å². The second-order valence-corrected chi connectivity index (χ2v) is 5.41. The van der Waals surface area contributed by atoms with Gasteiger partial charge in [-0.2, -0.15) is 0 Å². The first-order valence-corrected chi connectivity index (χ1v) is 7.17. The third kappa shape index (κ3) is 6.06. The van der Waals surface area contributed by atoms with Crippen molar-refractivity contribution in [3.8, 4) is 5.75 Å². The van der Waals surface area contributed by atoms with Gasteiger partial charge in [-0.25, -0.2) is 0 Å². The fourth-order valence-electron chi connectivity index (χ4n) is 1.84. The van der Waals surface area contributed by atoms with Gasteiger partial charge in [0.2, 0.25) is 5.91 Å². The second kappa shape index (κ2) is 8.59. The summed E-state index contributed by atoms with van der Waals surface area (Å²) in [5.41, 5.74) is 1.11. The quantitative estimate of drug-likeness (QED) is 0.768. The predicted octanol–water partition coefficient (Wildman–Crippen LogP) is 2.51. The molecule has 1 aromatic rings. The summed E-state index contributed by atoms with van der Waals surface area (Å²) in [4.78, 5) is 11.7. The highest BCUT2D eigenvalue weighted by Crippen LogP contribution is 2.18. The van der Waals surface area contributed by atoms with Crippen molar-refractivity contribution in [2.75, 3.05) is 20.2 Å². The highest BCUT2D eigenvalue weighted by atomic mass is 16.5. The molecule has 0 aliphatic rings. The van der Waals surface area contributed by atoms with E-state index in [4.69, 9.17) is 4.74 Å². The van der Waals surface area contributed by atoms with Crippen LogP contribution >= 0.6 is 0 Å². The number of amides is 1. The van der Waals surface area contributed by atoms with Gasteiger partial charge in [-0.3, -0.25) is 4.79 Å². The number of hydrogen-bond donors (Lipinski definition) is 2. The summed E-state index contributed by atoms with van der Waals surface area (Å²) in [7, 11) is 1.65. The van der Waals surface area contributed by atoms with Crippen LogP contribution in [0.25, 0.3) is 0 Å². The van der Waals surface area contributed by atoms with E-state index in [9.17, 15) is 4.79 Å². The topological polar surface area (TPSA) is 50.4 Å². The van der Waals surface area contributed by atoms with E-state index in [-0.39, 0.29) is 11.9 Å². The van der Waals surface area contributed by atoms with Gasteiger partial charge < -0.3 is 15.4 Å². The zero-order valence-corrected chi connectivity index (χ0v) is 12.9. The minimum absolute atomic E-state index is 0.0420. The van der Waals surface area contributed by atoms with Crippen molar-refractivity contribution in [2.45, 2.75) is 33.2 Å². The van der Waals surface area contributed by atoms with Crippen molar-refractivity contribution in [1.82, 2.24) is 10.6 Å². The first kappa shape index (κ1) is 16.5. The molecule has 0 aliphatic heterocycles. The van der Waals surface area contributed by atoms with E-state index in [0.717, 1.165) is 24.3 Å². The van der Waals surface area contributed by atoms with Crippen LogP contribution in [0.2, 0.25) is 0 Å². The van der Waals surface area contributed by atoms with Crippen molar-refractivity contribution in [2.24, 2.45) is 5.92 Å². The molecule has 20 heavy (non-hydrogen) atoms. The average molecular weight is 278 g/mol. The summed E-state index contributed by atoms with van der Waals surface area (Å²) in [5, 5.41) is 6.14. The van der Waals surface area contributed by atoms with Crippen LogP contribution in [0.1, 0.15) is 38.8 Å². The second-order valence-electron chi connectivity index (χ2n) is 5.41. The minimum atomic E-state index is 0.0420. The molecular weight excluding hydrogens is 252 g/mol. The van der Waals surface area contributed by atoms with Crippen LogP contribution < -0.4 is 15.4 Å². The van der Waals surface area contributed by atoms with Gasteiger partial charge in [0.15, 0.2) is 0 Å². The van der Waals surface area contributed by atoms with Crippen molar-refractivity contribution >= 4 is 5.91 Å². The van der Waals surface area contributed by atoms with Crippen LogP contribution in [-0.2, 0) is 4.79 Å². The SMILES string of the molecule is COc1cccc([C@@H](C)NCC(=O)NCCC(C)C)c1. The van der Waals surface area contributed by atoms with Gasteiger partial charge in [-0.05, 0) is 37.0 Å². The molecule has 1 atom stereocenters. The molecule has 2 N–H and O–H groups in total. The Labute approximate surface area is 121 Å². The highest BCUT2D eigenvalue weighted by molar-refractivity contribution is 5.78. The normalized spacial score (nSPS) is 12.2. The van der Waals surface area contributed by atoms with Gasteiger partial charge in [-0.1, -0.05) is 26.0 Å². The Morgan fingerprint density at radius 3 is 2.70 bits per heavy atom. The Morgan fingerprint density at radius 1 is 1.30 bits per heavy atom. The van der Waals surface area contributed by atoms with E-state index < -0.39 is 0 Å². The molecule has 0 fully saturated rings. The third-order valence-electron chi connectivity index (χ3n) is 3.21. The van der Waals surface area contributed by atoms with Gasteiger partial charge in [0.1, 0.15) is 5.75 Å². The zero-order chi connectivity index (χ0) is 15.0. The largest absolute Gasteiger partial charge is 0.497 e. The van der Waals surface area contributed by atoms with E-state index in [1.54, 1.807) is 7.11 Å². The van der Waals surface area contributed by atoms with Crippen molar-refractivity contribution < 1.29 is 9.53 Å². The molecule has 0 saturated carbocycles. The predicted molar refractivity (Wildman–Crippen MR) is 81.9 cm³/mol. The molecule has 0 saturated heterocycles. The molecule has 0 spiro atoms. The fraction of sp³-hybridized carbons (Fsp3) is 0.562. The Kier molecular flexibility index (Phi) is 7.09. The maximum atomic E-state index is 11.7. The highest BCUT2D eigenvalue weighted by Gasteiger charge is 2.08. The van der Waals surface area contributed by atoms with Crippen LogP contribution in [-0.4, -0.2) is 26.1 Å². The Morgan fingerprint density at radius 2 is 2.05 bits per heavy atom. The lowest BCUT2D eigenvalue weighted by atomic mass is 10.1. The summed E-state index contributed by atoms with van der Waals surface area (Å²) in [6, 6.07) is 7.98. The standard InChI is InChI=1S/C16H26N2O2/c1-12(2)8-9-17-16(19)11-18-13(3)14-6-5-7-15(10-14)20-4/h5-7,10,12-13,18H,8-9,11H2,1-4H3,(H,17,19)/t13-/m1/s1. The van der Waals surface area contributed by atoms with E-state index in [2.05, 4.69) is 24.5 Å². The molecule has 0 bridgehead atoms. The molecule has 0 unspecified atom stereocenters. The number of carbonyl (C=O) groups excluding carboxylic acids is 1. The van der Waals surface area contributed by atoms with E-state index in [1.165, 1.54) is 0 Å². The zero-order valence-electron chi connectivity index (χ0n) is 12.9. The Hall–Kier alpha value is -1.55. The number of nitrogens with one attached hydrogen (secondary N) is 2. The Bertz CT molecular complexity index is 419. The number of benzene rings is 1. The van der Waals surface area contributed by atoms with Crippen LogP contribution in [0.15, 0.2) is 24.3 Å². The monoisotopic (exact) mass is 278 g/mol. The summed E-state index contributed by atoms with van der Waals surface area (Å²) in [5.74, 6) is 1.48. The number of carbonyl (C=O) groups is 1. The lowest BCUT2D eigenvalue weighted by Gasteiger charge is -2.15. The minimum Gasteiger partial charge on any atom is -0.497 e. The molecule has 4 heteroatoms. The number of hydrogen-bond acceptors (Lipinski definition) is 3. The van der Waals surface area contributed by atoms with Crippen molar-refractivity contribution in [1.29, 1.82) is 0 Å². The molecule has 1 aromatic carbocycles. The van der Waals surface area contributed by atoms with Crippen LogP contribution in [0.4, 0.5) is 0 Å². The molecule has 0 aromatic heterocycles. The first-order valence-electron chi connectivity index (χ1n) is 7.17. The molecule has 0 aliphatic carbocycles. The van der Waals surface area contributed by atoms with Gasteiger partial charge in [0, 0.05) is 12.6 Å². The lowest BCUT2D eigenvalue weighted by molar-refractivity contribution is -0.120. The maximum Gasteiger partial charge on any atom is 0.233 e. The average Bonchev–Trinajstić information content (AvgIpc) is 2.44. The van der Waals surface area contributed by atoms with Crippen LogP contribution in [0.3, 0.4) is 0 Å². The van der Waals surface area contributed by atoms with Crippen molar-refractivity contribution in [3.63, 3.8) is 0 Å². The molecule has 4 nitrogen and oxygen atoms in total. The smallest absolute Gasteiger partial charge is 0.233 e. The molecule has 1 amide bonds. The molecular formula is C16H26N2O2. The van der Waals surface area contributed by atoms with Crippen molar-refractivity contribution in [3.05, 3.63) is 29.8 Å². The van der Waals surface area contributed by atoms with Crippen LogP contribution in [0, 0.1) is 5.92 Å².